The Bertz CT molecular complexity index is 92.9. The predicted molar refractivity (Wildman–Crippen MR) is 26.0 cm³/mol. The fourth-order valence-electron chi connectivity index (χ4n) is 0.853. The molecule has 0 aliphatic carbocycles. The highest BCUT2D eigenvalue weighted by Crippen LogP contribution is 2.30. The van der Waals surface area contributed by atoms with Crippen LogP contribution in [-0.4, -0.2) is 19.3 Å². The summed E-state index contributed by atoms with van der Waals surface area (Å²) in [5, 5.41) is 3.61. The Hall–Kier alpha value is -0.250. The molecule has 1 fully saturated rings. The highest BCUT2D eigenvalue weighted by molar-refractivity contribution is 4.76. The van der Waals surface area contributed by atoms with Gasteiger partial charge in [-0.3, -0.25) is 0 Å². The van der Waals surface area contributed by atoms with Gasteiger partial charge in [0, 0.05) is 13.1 Å². The van der Waals surface area contributed by atoms with Crippen LogP contribution >= 0.6 is 0 Å². The van der Waals surface area contributed by atoms with E-state index in [0.29, 0.717) is 6.54 Å². The van der Waals surface area contributed by atoms with E-state index < -0.39 is 12.1 Å². The molecule has 1 aliphatic rings. The molecule has 1 rings (SSSR count). The molecule has 53 valence electrons. The van der Waals surface area contributed by atoms with Crippen molar-refractivity contribution in [3.63, 3.8) is 0 Å². The molecule has 9 heavy (non-hydrogen) atoms. The Labute approximate surface area is 51.2 Å². The minimum absolute atomic E-state index is 0.0243. The van der Waals surface area contributed by atoms with Crippen LogP contribution < -0.4 is 5.32 Å². The van der Waals surface area contributed by atoms with Crippen molar-refractivity contribution in [1.29, 1.82) is 0 Å². The fourth-order valence-corrected chi connectivity index (χ4v) is 0.853. The van der Waals surface area contributed by atoms with Crippen molar-refractivity contribution >= 4 is 0 Å². The lowest BCUT2D eigenvalue weighted by Gasteiger charge is -2.11. The first-order valence-corrected chi connectivity index (χ1v) is 2.80. The molecule has 1 atom stereocenters. The van der Waals surface area contributed by atoms with Crippen molar-refractivity contribution in [3.8, 4) is 0 Å². The van der Waals surface area contributed by atoms with Crippen LogP contribution in [0.3, 0.4) is 0 Å². The molecule has 0 aromatic rings. The minimum Gasteiger partial charge on any atom is -0.241 e. The topological polar surface area (TPSA) is 14.1 Å². The number of nitrogens with zero attached hydrogens (tertiary/aromatic N) is 1. The highest BCUT2D eigenvalue weighted by atomic mass is 19.4. The van der Waals surface area contributed by atoms with Gasteiger partial charge in [0.15, 0.2) is 0 Å². The van der Waals surface area contributed by atoms with Crippen LogP contribution in [0, 0.1) is 5.92 Å². The Kier molecular flexibility index (Phi) is 1.66. The second-order valence-corrected chi connectivity index (χ2v) is 2.16. The zero-order chi connectivity index (χ0) is 6.91. The summed E-state index contributed by atoms with van der Waals surface area (Å²) >= 11 is 0. The van der Waals surface area contributed by atoms with Gasteiger partial charge < -0.3 is 0 Å². The lowest BCUT2D eigenvalue weighted by Crippen LogP contribution is -2.23. The van der Waals surface area contributed by atoms with Gasteiger partial charge in [-0.2, -0.15) is 13.2 Å². The first kappa shape index (κ1) is 6.86. The molecule has 0 spiro atoms. The molecule has 0 saturated carbocycles. The smallest absolute Gasteiger partial charge is 0.241 e. The van der Waals surface area contributed by atoms with E-state index in [1.54, 1.807) is 0 Å². The van der Waals surface area contributed by atoms with Gasteiger partial charge in [-0.05, 0) is 6.42 Å². The molecule has 4 heteroatoms. The second kappa shape index (κ2) is 2.17. The lowest BCUT2D eigenvalue weighted by molar-refractivity contribution is -0.168. The zero-order valence-corrected chi connectivity index (χ0v) is 4.78. The van der Waals surface area contributed by atoms with Crippen molar-refractivity contribution in [2.75, 3.05) is 13.1 Å². The average molecular weight is 138 g/mol. The van der Waals surface area contributed by atoms with E-state index in [4.69, 9.17) is 0 Å². The van der Waals surface area contributed by atoms with Gasteiger partial charge in [0.25, 0.3) is 0 Å². The highest BCUT2D eigenvalue weighted by Gasteiger charge is 2.41. The summed E-state index contributed by atoms with van der Waals surface area (Å²) in [6, 6.07) is 0. The van der Waals surface area contributed by atoms with Crippen LogP contribution in [0.15, 0.2) is 0 Å². The summed E-state index contributed by atoms with van der Waals surface area (Å²) in [5.74, 6) is -1.16. The molecule has 0 N–H and O–H groups in total. The molecule has 1 unspecified atom stereocenters. The number of alkyl halides is 3. The van der Waals surface area contributed by atoms with Crippen molar-refractivity contribution < 1.29 is 13.2 Å². The molecule has 1 nitrogen and oxygen atoms in total. The van der Waals surface area contributed by atoms with Crippen molar-refractivity contribution in [2.24, 2.45) is 5.92 Å². The summed E-state index contributed by atoms with van der Waals surface area (Å²) in [6.45, 7) is 0.355. The summed E-state index contributed by atoms with van der Waals surface area (Å²) in [5.41, 5.74) is 0. The van der Waals surface area contributed by atoms with Crippen LogP contribution in [0.2, 0.25) is 0 Å². The summed E-state index contributed by atoms with van der Waals surface area (Å²) in [4.78, 5) is 0. The van der Waals surface area contributed by atoms with Crippen molar-refractivity contribution in [3.05, 3.63) is 0 Å². The van der Waals surface area contributed by atoms with Gasteiger partial charge in [-0.1, -0.05) is 0 Å². The molecule has 1 radical (unpaired) electrons. The predicted octanol–water partition coefficient (Wildman–Crippen LogP) is 1.17. The van der Waals surface area contributed by atoms with Crippen LogP contribution in [0.4, 0.5) is 13.2 Å². The lowest BCUT2D eigenvalue weighted by atomic mass is 10.1. The third-order valence-corrected chi connectivity index (χ3v) is 1.45. The minimum atomic E-state index is -4.01. The Morgan fingerprint density at radius 3 is 2.22 bits per heavy atom. The van der Waals surface area contributed by atoms with Gasteiger partial charge in [0.1, 0.15) is 0 Å². The molecule has 1 heterocycles. The summed E-state index contributed by atoms with van der Waals surface area (Å²) in [7, 11) is 0. The van der Waals surface area contributed by atoms with Gasteiger partial charge in [0.05, 0.1) is 5.92 Å². The fraction of sp³-hybridized carbons (Fsp3) is 1.00. The third kappa shape index (κ3) is 1.58. The molecule has 0 amide bonds. The Balaban J connectivity index is 2.42. The maximum atomic E-state index is 11.7. The number of hydrogen-bond donors (Lipinski definition) is 0. The summed E-state index contributed by atoms with van der Waals surface area (Å²) in [6.07, 6.45) is -3.83. The van der Waals surface area contributed by atoms with Crippen LogP contribution in [-0.2, 0) is 0 Å². The van der Waals surface area contributed by atoms with E-state index in [0.717, 1.165) is 0 Å². The largest absolute Gasteiger partial charge is 0.393 e. The first-order valence-electron chi connectivity index (χ1n) is 2.80. The SMILES string of the molecule is FC(F)(F)C1CC[N]C1. The zero-order valence-electron chi connectivity index (χ0n) is 4.78. The van der Waals surface area contributed by atoms with E-state index in [9.17, 15) is 13.2 Å². The van der Waals surface area contributed by atoms with E-state index in [2.05, 4.69) is 5.32 Å². The van der Waals surface area contributed by atoms with Crippen molar-refractivity contribution in [1.82, 2.24) is 5.32 Å². The maximum absolute atomic E-state index is 11.7. The van der Waals surface area contributed by atoms with E-state index >= 15 is 0 Å². The van der Waals surface area contributed by atoms with E-state index in [-0.39, 0.29) is 13.0 Å². The third-order valence-electron chi connectivity index (χ3n) is 1.45. The van der Waals surface area contributed by atoms with Gasteiger partial charge in [-0.25, -0.2) is 5.32 Å². The quantitative estimate of drug-likeness (QED) is 0.477. The molecule has 1 saturated heterocycles. The number of halogens is 3. The standard InChI is InChI=1S/C5H7F3N/c6-5(7,8)4-1-2-9-3-4/h4H,1-3H2. The maximum Gasteiger partial charge on any atom is 0.393 e. The monoisotopic (exact) mass is 138 g/mol. The molecule has 0 aromatic heterocycles. The van der Waals surface area contributed by atoms with Gasteiger partial charge in [-0.15, -0.1) is 0 Å². The van der Waals surface area contributed by atoms with Crippen LogP contribution in [0.1, 0.15) is 6.42 Å². The van der Waals surface area contributed by atoms with Gasteiger partial charge >= 0.3 is 6.18 Å². The number of rotatable bonds is 0. The molecular weight excluding hydrogens is 131 g/mol. The Morgan fingerprint density at radius 2 is 2.00 bits per heavy atom. The Morgan fingerprint density at radius 1 is 1.33 bits per heavy atom. The van der Waals surface area contributed by atoms with Crippen molar-refractivity contribution in [2.45, 2.75) is 12.6 Å². The van der Waals surface area contributed by atoms with Crippen LogP contribution in [0.5, 0.6) is 0 Å². The number of hydrogen-bond acceptors (Lipinski definition) is 0. The summed E-state index contributed by atoms with van der Waals surface area (Å²) < 4.78 is 35.1. The molecule has 0 bridgehead atoms. The van der Waals surface area contributed by atoms with E-state index in [1.165, 1.54) is 0 Å². The van der Waals surface area contributed by atoms with E-state index in [1.807, 2.05) is 0 Å². The second-order valence-electron chi connectivity index (χ2n) is 2.16. The van der Waals surface area contributed by atoms with Gasteiger partial charge in [0.2, 0.25) is 0 Å². The normalized spacial score (nSPS) is 29.0. The molecule has 1 aliphatic heterocycles. The molecule has 0 aromatic carbocycles. The molecular formula is C5H7F3N. The average Bonchev–Trinajstić information content (AvgIpc) is 2.08. The van der Waals surface area contributed by atoms with Crippen LogP contribution in [0.25, 0.3) is 0 Å². The first-order chi connectivity index (χ1) is 4.11.